The summed E-state index contributed by atoms with van der Waals surface area (Å²) in [4.78, 5) is 30.3. The van der Waals surface area contributed by atoms with E-state index in [0.717, 1.165) is 34.2 Å². The Labute approximate surface area is 167 Å². The quantitative estimate of drug-likeness (QED) is 0.687. The average Bonchev–Trinajstić information content (AvgIpc) is 3.34. The van der Waals surface area contributed by atoms with Crippen LogP contribution in [-0.2, 0) is 11.2 Å². The number of carbonyl (C=O) groups excluding carboxylic acids is 2. The van der Waals surface area contributed by atoms with Gasteiger partial charge in [-0.05, 0) is 60.7 Å². The molecule has 1 aromatic heterocycles. The fourth-order valence-corrected chi connectivity index (χ4v) is 3.95. The Morgan fingerprint density at radius 1 is 1.14 bits per heavy atom. The molecule has 0 radical (unpaired) electrons. The van der Waals surface area contributed by atoms with Crippen molar-refractivity contribution in [1.82, 2.24) is 9.55 Å². The number of benzene rings is 2. The second kappa shape index (κ2) is 7.52. The number of fused-ring (bicyclic) bond motifs is 1. The van der Waals surface area contributed by atoms with Crippen molar-refractivity contribution in [2.45, 2.75) is 18.5 Å². The summed E-state index contributed by atoms with van der Waals surface area (Å²) in [5, 5.41) is 3.84. The van der Waals surface area contributed by atoms with Crippen molar-refractivity contribution in [2.24, 2.45) is 0 Å². The monoisotopic (exact) mass is 392 g/mol. The standard InChI is InChI=1S/C21H20N4O2S/c1-14(26)24-11-9-16-13-17(5-8-19(16)24)23-20(27)15-3-6-18(7-4-15)25-12-10-22-21(25)28-2/h3-8,10,12-13H,9,11H2,1-2H3,(H,23,27). The fraction of sp³-hybridized carbons (Fsp3) is 0.190. The van der Waals surface area contributed by atoms with Gasteiger partial charge in [-0.15, -0.1) is 0 Å². The summed E-state index contributed by atoms with van der Waals surface area (Å²) in [5.41, 5.74) is 4.28. The molecule has 142 valence electrons. The maximum absolute atomic E-state index is 12.6. The number of amides is 2. The van der Waals surface area contributed by atoms with Gasteiger partial charge in [-0.3, -0.25) is 14.2 Å². The number of nitrogens with one attached hydrogen (secondary N) is 1. The smallest absolute Gasteiger partial charge is 0.255 e. The van der Waals surface area contributed by atoms with Crippen LogP contribution in [0.4, 0.5) is 11.4 Å². The fourth-order valence-electron chi connectivity index (χ4n) is 3.42. The number of carbonyl (C=O) groups is 2. The molecule has 0 unspecified atom stereocenters. The molecule has 7 heteroatoms. The lowest BCUT2D eigenvalue weighted by molar-refractivity contribution is -0.116. The van der Waals surface area contributed by atoms with E-state index in [1.165, 1.54) is 0 Å². The first-order valence-corrected chi connectivity index (χ1v) is 10.2. The normalized spacial score (nSPS) is 12.7. The molecule has 2 heterocycles. The molecule has 1 aliphatic rings. The average molecular weight is 392 g/mol. The van der Waals surface area contributed by atoms with Gasteiger partial charge in [-0.2, -0.15) is 0 Å². The van der Waals surface area contributed by atoms with E-state index in [2.05, 4.69) is 10.3 Å². The SMILES string of the molecule is CSc1nccn1-c1ccc(C(=O)Nc2ccc3c(c2)CCN3C(C)=O)cc1. The predicted molar refractivity (Wildman–Crippen MR) is 111 cm³/mol. The molecule has 0 saturated heterocycles. The Morgan fingerprint density at radius 3 is 2.64 bits per heavy atom. The number of imidazole rings is 1. The van der Waals surface area contributed by atoms with Gasteiger partial charge in [0, 0.05) is 48.5 Å². The number of anilines is 2. The molecule has 0 spiro atoms. The molecule has 1 N–H and O–H groups in total. The highest BCUT2D eigenvalue weighted by Crippen LogP contribution is 2.30. The zero-order chi connectivity index (χ0) is 19.7. The molecule has 0 bridgehead atoms. The lowest BCUT2D eigenvalue weighted by Gasteiger charge is -2.15. The summed E-state index contributed by atoms with van der Waals surface area (Å²) < 4.78 is 1.98. The van der Waals surface area contributed by atoms with Crippen LogP contribution in [0.1, 0.15) is 22.8 Å². The molecular formula is C21H20N4O2S. The molecule has 4 rings (SSSR count). The molecule has 2 amide bonds. The van der Waals surface area contributed by atoms with E-state index in [1.54, 1.807) is 41.9 Å². The van der Waals surface area contributed by atoms with Crippen LogP contribution in [0.5, 0.6) is 0 Å². The van der Waals surface area contributed by atoms with Crippen molar-refractivity contribution in [3.8, 4) is 5.69 Å². The topological polar surface area (TPSA) is 67.2 Å². The third kappa shape index (κ3) is 3.41. The van der Waals surface area contributed by atoms with Crippen LogP contribution in [0.15, 0.2) is 60.0 Å². The molecule has 6 nitrogen and oxygen atoms in total. The lowest BCUT2D eigenvalue weighted by atomic mass is 10.1. The van der Waals surface area contributed by atoms with Gasteiger partial charge < -0.3 is 10.2 Å². The number of thioether (sulfide) groups is 1. The van der Waals surface area contributed by atoms with E-state index in [0.29, 0.717) is 12.1 Å². The number of hydrogen-bond acceptors (Lipinski definition) is 4. The second-order valence-electron chi connectivity index (χ2n) is 6.55. The highest BCUT2D eigenvalue weighted by Gasteiger charge is 2.22. The summed E-state index contributed by atoms with van der Waals surface area (Å²) in [6.45, 7) is 2.26. The van der Waals surface area contributed by atoms with Crippen LogP contribution in [-0.4, -0.2) is 34.2 Å². The van der Waals surface area contributed by atoms with Crippen LogP contribution in [0.3, 0.4) is 0 Å². The largest absolute Gasteiger partial charge is 0.322 e. The maximum atomic E-state index is 12.6. The summed E-state index contributed by atoms with van der Waals surface area (Å²) in [6, 6.07) is 13.1. The third-order valence-corrected chi connectivity index (χ3v) is 5.48. The van der Waals surface area contributed by atoms with Gasteiger partial charge in [-0.1, -0.05) is 11.8 Å². The van der Waals surface area contributed by atoms with Crippen LogP contribution in [0.25, 0.3) is 5.69 Å². The van der Waals surface area contributed by atoms with E-state index in [1.807, 2.05) is 47.4 Å². The van der Waals surface area contributed by atoms with Gasteiger partial charge in [0.05, 0.1) is 0 Å². The third-order valence-electron chi connectivity index (χ3n) is 4.81. The zero-order valence-corrected chi connectivity index (χ0v) is 16.5. The molecule has 0 atom stereocenters. The van der Waals surface area contributed by atoms with Crippen molar-refractivity contribution < 1.29 is 9.59 Å². The van der Waals surface area contributed by atoms with Gasteiger partial charge in [0.25, 0.3) is 5.91 Å². The van der Waals surface area contributed by atoms with Gasteiger partial charge in [0.2, 0.25) is 5.91 Å². The predicted octanol–water partition coefficient (Wildman–Crippen LogP) is 3.76. The zero-order valence-electron chi connectivity index (χ0n) is 15.7. The molecule has 0 aliphatic carbocycles. The first-order chi connectivity index (χ1) is 13.6. The Balaban J connectivity index is 1.49. The van der Waals surface area contributed by atoms with Gasteiger partial charge in [-0.25, -0.2) is 4.98 Å². The molecule has 0 saturated carbocycles. The minimum atomic E-state index is -0.163. The first-order valence-electron chi connectivity index (χ1n) is 8.97. The minimum absolute atomic E-state index is 0.0400. The van der Waals surface area contributed by atoms with Crippen LogP contribution in [0.2, 0.25) is 0 Å². The van der Waals surface area contributed by atoms with E-state index in [4.69, 9.17) is 0 Å². The number of nitrogens with zero attached hydrogens (tertiary/aromatic N) is 3. The number of hydrogen-bond donors (Lipinski definition) is 1. The molecular weight excluding hydrogens is 372 g/mol. The molecule has 28 heavy (non-hydrogen) atoms. The van der Waals surface area contributed by atoms with Crippen molar-refractivity contribution in [3.05, 3.63) is 66.0 Å². The Kier molecular flexibility index (Phi) is 4.92. The Morgan fingerprint density at radius 2 is 1.93 bits per heavy atom. The number of aromatic nitrogens is 2. The lowest BCUT2D eigenvalue weighted by Crippen LogP contribution is -2.25. The second-order valence-corrected chi connectivity index (χ2v) is 7.32. The summed E-state index contributed by atoms with van der Waals surface area (Å²) >= 11 is 1.57. The van der Waals surface area contributed by atoms with Crippen LogP contribution in [0, 0.1) is 0 Å². The van der Waals surface area contributed by atoms with E-state index < -0.39 is 0 Å². The molecule has 2 aromatic carbocycles. The van der Waals surface area contributed by atoms with Gasteiger partial charge in [0.1, 0.15) is 0 Å². The van der Waals surface area contributed by atoms with Crippen LogP contribution >= 0.6 is 11.8 Å². The van der Waals surface area contributed by atoms with E-state index >= 15 is 0 Å². The molecule has 0 fully saturated rings. The van der Waals surface area contributed by atoms with Gasteiger partial charge >= 0.3 is 0 Å². The summed E-state index contributed by atoms with van der Waals surface area (Å²) in [6.07, 6.45) is 6.44. The van der Waals surface area contributed by atoms with Crippen molar-refractivity contribution in [1.29, 1.82) is 0 Å². The highest BCUT2D eigenvalue weighted by atomic mass is 32.2. The van der Waals surface area contributed by atoms with Crippen molar-refractivity contribution in [2.75, 3.05) is 23.0 Å². The van der Waals surface area contributed by atoms with Gasteiger partial charge in [0.15, 0.2) is 5.16 Å². The Bertz CT molecular complexity index is 1040. The van der Waals surface area contributed by atoms with Crippen LogP contribution < -0.4 is 10.2 Å². The molecule has 1 aliphatic heterocycles. The summed E-state index contributed by atoms with van der Waals surface area (Å²) in [7, 11) is 0. The minimum Gasteiger partial charge on any atom is -0.322 e. The highest BCUT2D eigenvalue weighted by molar-refractivity contribution is 7.98. The van der Waals surface area contributed by atoms with Crippen molar-refractivity contribution in [3.63, 3.8) is 0 Å². The summed E-state index contributed by atoms with van der Waals surface area (Å²) in [5.74, 6) is -0.123. The number of rotatable bonds is 4. The Hall–Kier alpha value is -3.06. The first kappa shape index (κ1) is 18.3. The van der Waals surface area contributed by atoms with E-state index in [-0.39, 0.29) is 11.8 Å². The molecule has 3 aromatic rings. The van der Waals surface area contributed by atoms with E-state index in [9.17, 15) is 9.59 Å². The maximum Gasteiger partial charge on any atom is 0.255 e. The van der Waals surface area contributed by atoms with Crippen molar-refractivity contribution >= 4 is 35.0 Å².